The number of hydrogen-bond donors (Lipinski definition) is 1. The minimum Gasteiger partial charge on any atom is -0.345 e. The molecule has 0 saturated carbocycles. The molecule has 0 bridgehead atoms. The van der Waals surface area contributed by atoms with Crippen molar-refractivity contribution in [3.63, 3.8) is 0 Å². The molecule has 8 heteroatoms. The quantitative estimate of drug-likeness (QED) is 0.856. The summed E-state index contributed by atoms with van der Waals surface area (Å²) in [6.07, 6.45) is 2.89. The molecule has 0 unspecified atom stereocenters. The fourth-order valence-electron chi connectivity index (χ4n) is 3.15. The average Bonchev–Trinajstić information content (AvgIpc) is 3.10. The topological polar surface area (TPSA) is 86.4 Å². The summed E-state index contributed by atoms with van der Waals surface area (Å²) >= 11 is 0. The highest BCUT2D eigenvalue weighted by Crippen LogP contribution is 2.34. The number of piperidine rings is 1. The number of H-pyrrole nitrogens is 1. The number of likely N-dealkylation sites (tertiary alicyclic amines) is 1. The van der Waals surface area contributed by atoms with E-state index in [0.29, 0.717) is 25.3 Å². The van der Waals surface area contributed by atoms with Crippen molar-refractivity contribution in [1.29, 1.82) is 0 Å². The van der Waals surface area contributed by atoms with Crippen LogP contribution in [-0.4, -0.2) is 60.2 Å². The second-order valence-electron chi connectivity index (χ2n) is 5.78. The van der Waals surface area contributed by atoms with Crippen molar-refractivity contribution < 1.29 is 13.2 Å². The molecule has 2 saturated heterocycles. The smallest absolute Gasteiger partial charge is 0.260 e. The van der Waals surface area contributed by atoms with Crippen molar-refractivity contribution in [2.75, 3.05) is 26.7 Å². The van der Waals surface area contributed by atoms with Crippen LogP contribution in [0.4, 0.5) is 0 Å². The summed E-state index contributed by atoms with van der Waals surface area (Å²) in [7, 11) is -1.81. The van der Waals surface area contributed by atoms with Gasteiger partial charge in [-0.2, -0.15) is 4.31 Å². The van der Waals surface area contributed by atoms with Gasteiger partial charge in [0, 0.05) is 33.1 Å². The maximum atomic E-state index is 12.6. The molecule has 2 atom stereocenters. The van der Waals surface area contributed by atoms with E-state index in [1.54, 1.807) is 11.9 Å². The Kier molecular flexibility index (Phi) is 3.53. The molecule has 0 radical (unpaired) electrons. The van der Waals surface area contributed by atoms with Gasteiger partial charge in [0.25, 0.3) is 10.0 Å². The third-order valence-corrected chi connectivity index (χ3v) is 6.24. The molecule has 1 N–H and O–H groups in total. The summed E-state index contributed by atoms with van der Waals surface area (Å²) in [6.45, 7) is 3.32. The molecule has 3 rings (SSSR count). The Morgan fingerprint density at radius 3 is 2.86 bits per heavy atom. The van der Waals surface area contributed by atoms with E-state index in [-0.39, 0.29) is 29.3 Å². The number of aromatic nitrogens is 2. The van der Waals surface area contributed by atoms with Crippen molar-refractivity contribution in [2.45, 2.75) is 24.8 Å². The van der Waals surface area contributed by atoms with Gasteiger partial charge < -0.3 is 9.88 Å². The summed E-state index contributed by atoms with van der Waals surface area (Å²) in [4.78, 5) is 20.7. The fourth-order valence-corrected chi connectivity index (χ4v) is 4.60. The van der Waals surface area contributed by atoms with Crippen molar-refractivity contribution in [3.8, 4) is 0 Å². The Labute approximate surface area is 124 Å². The summed E-state index contributed by atoms with van der Waals surface area (Å²) in [5.74, 6) is 0.646. The molecule has 0 aliphatic carbocycles. The van der Waals surface area contributed by atoms with E-state index in [4.69, 9.17) is 0 Å². The van der Waals surface area contributed by atoms with Crippen LogP contribution >= 0.6 is 0 Å². The first-order chi connectivity index (χ1) is 9.93. The maximum absolute atomic E-state index is 12.6. The first-order valence-corrected chi connectivity index (χ1v) is 8.66. The van der Waals surface area contributed by atoms with Crippen LogP contribution in [0.1, 0.15) is 19.2 Å². The van der Waals surface area contributed by atoms with E-state index in [1.807, 2.05) is 6.92 Å². The van der Waals surface area contributed by atoms with Gasteiger partial charge >= 0.3 is 0 Å². The number of fused-ring (bicyclic) bond motifs is 1. The lowest BCUT2D eigenvalue weighted by Crippen LogP contribution is -2.42. The summed E-state index contributed by atoms with van der Waals surface area (Å²) in [6, 6.07) is 0. The third kappa shape index (κ3) is 2.36. The average molecular weight is 312 g/mol. The lowest BCUT2D eigenvalue weighted by atomic mass is 9.88. The third-order valence-electron chi connectivity index (χ3n) is 4.49. The molecular weight excluding hydrogens is 292 g/mol. The number of carbonyl (C=O) groups excluding carboxylic acids is 1. The van der Waals surface area contributed by atoms with Crippen LogP contribution in [0.3, 0.4) is 0 Å². The summed E-state index contributed by atoms with van der Waals surface area (Å²) in [5, 5.41) is 0.124. The van der Waals surface area contributed by atoms with Gasteiger partial charge in [-0.05, 0) is 12.3 Å². The lowest BCUT2D eigenvalue weighted by molar-refractivity contribution is -0.137. The number of sulfonamides is 1. The van der Waals surface area contributed by atoms with E-state index in [1.165, 1.54) is 10.5 Å². The normalized spacial score (nSPS) is 27.1. The number of nitrogens with one attached hydrogen (secondary N) is 1. The van der Waals surface area contributed by atoms with Crippen LogP contribution in [0.15, 0.2) is 11.2 Å². The minimum atomic E-state index is -3.58. The molecule has 0 spiro atoms. The molecular formula is C13H20N4O3S. The van der Waals surface area contributed by atoms with Crippen molar-refractivity contribution in [1.82, 2.24) is 19.2 Å². The Morgan fingerprint density at radius 1 is 1.43 bits per heavy atom. The van der Waals surface area contributed by atoms with E-state index in [0.717, 1.165) is 6.42 Å². The number of carbonyl (C=O) groups is 1. The largest absolute Gasteiger partial charge is 0.345 e. The van der Waals surface area contributed by atoms with Crippen LogP contribution in [0.2, 0.25) is 0 Å². The molecule has 2 fully saturated rings. The highest BCUT2D eigenvalue weighted by atomic mass is 32.2. The molecule has 1 aromatic heterocycles. The highest BCUT2D eigenvalue weighted by molar-refractivity contribution is 7.89. The molecule has 116 valence electrons. The standard InChI is InChI=1S/C13H20N4O3S/c1-3-11-14-6-12(15-11)21(19,20)17-7-9-4-5-16(2)13(18)10(9)8-17/h6,9-10H,3-5,7-8H2,1-2H3,(H,14,15)/t9-,10+/m1/s1. The fraction of sp³-hybridized carbons (Fsp3) is 0.692. The Bertz CT molecular complexity index is 654. The Morgan fingerprint density at radius 2 is 2.19 bits per heavy atom. The van der Waals surface area contributed by atoms with Gasteiger partial charge in [0.05, 0.1) is 12.1 Å². The Hall–Kier alpha value is -1.41. The first-order valence-electron chi connectivity index (χ1n) is 7.22. The molecule has 3 heterocycles. The van der Waals surface area contributed by atoms with Gasteiger partial charge in [-0.25, -0.2) is 13.4 Å². The van der Waals surface area contributed by atoms with Gasteiger partial charge in [0.1, 0.15) is 5.82 Å². The number of aryl methyl sites for hydroxylation is 1. The molecule has 2 aliphatic rings. The zero-order valence-electron chi connectivity index (χ0n) is 12.2. The first kappa shape index (κ1) is 14.5. The zero-order valence-corrected chi connectivity index (χ0v) is 13.1. The van der Waals surface area contributed by atoms with Crippen molar-refractivity contribution in [2.24, 2.45) is 11.8 Å². The van der Waals surface area contributed by atoms with Gasteiger partial charge in [-0.15, -0.1) is 0 Å². The van der Waals surface area contributed by atoms with E-state index in [9.17, 15) is 13.2 Å². The minimum absolute atomic E-state index is 0.0582. The van der Waals surface area contributed by atoms with Crippen LogP contribution < -0.4 is 0 Å². The van der Waals surface area contributed by atoms with Crippen molar-refractivity contribution in [3.05, 3.63) is 12.0 Å². The zero-order chi connectivity index (χ0) is 15.2. The van der Waals surface area contributed by atoms with Gasteiger partial charge in [-0.3, -0.25) is 4.79 Å². The predicted molar refractivity (Wildman–Crippen MR) is 76.0 cm³/mol. The van der Waals surface area contributed by atoms with Crippen LogP contribution in [0, 0.1) is 11.8 Å². The number of nitrogens with zero attached hydrogens (tertiary/aromatic N) is 3. The number of amides is 1. The van der Waals surface area contributed by atoms with Crippen LogP contribution in [0.5, 0.6) is 0 Å². The van der Waals surface area contributed by atoms with Crippen molar-refractivity contribution >= 4 is 15.9 Å². The predicted octanol–water partition coefficient (Wildman–Crippen LogP) is 0.0709. The number of aromatic amines is 1. The van der Waals surface area contributed by atoms with Crippen LogP contribution in [0.25, 0.3) is 0 Å². The molecule has 2 aliphatic heterocycles. The monoisotopic (exact) mass is 312 g/mol. The number of hydrogen-bond acceptors (Lipinski definition) is 4. The summed E-state index contributed by atoms with van der Waals surface area (Å²) < 4.78 is 26.7. The van der Waals surface area contributed by atoms with E-state index >= 15 is 0 Å². The molecule has 1 amide bonds. The van der Waals surface area contributed by atoms with Gasteiger partial charge in [0.2, 0.25) is 5.91 Å². The molecule has 1 aromatic rings. The highest BCUT2D eigenvalue weighted by Gasteiger charge is 2.46. The van der Waals surface area contributed by atoms with E-state index < -0.39 is 10.0 Å². The SMILES string of the molecule is CCc1ncc(S(=O)(=O)N2C[C@H]3CCN(C)C(=O)[C@H]3C2)[nH]1. The second-order valence-corrected chi connectivity index (χ2v) is 7.69. The van der Waals surface area contributed by atoms with Crippen LogP contribution in [-0.2, 0) is 21.2 Å². The molecule has 0 aromatic carbocycles. The van der Waals surface area contributed by atoms with Gasteiger partial charge in [-0.1, -0.05) is 6.92 Å². The number of imidazole rings is 1. The Balaban J connectivity index is 1.83. The number of rotatable bonds is 3. The maximum Gasteiger partial charge on any atom is 0.260 e. The van der Waals surface area contributed by atoms with E-state index in [2.05, 4.69) is 9.97 Å². The van der Waals surface area contributed by atoms with Gasteiger partial charge in [0.15, 0.2) is 5.03 Å². The molecule has 7 nitrogen and oxygen atoms in total. The summed E-state index contributed by atoms with van der Waals surface area (Å²) in [5.41, 5.74) is 0. The molecule has 21 heavy (non-hydrogen) atoms. The lowest BCUT2D eigenvalue weighted by Gasteiger charge is -2.30. The second kappa shape index (κ2) is 5.10.